The van der Waals surface area contributed by atoms with Crippen molar-refractivity contribution in [3.05, 3.63) is 38.9 Å². The minimum Gasteiger partial charge on any atom is -0.310 e. The van der Waals surface area contributed by atoms with Crippen LogP contribution in [0, 0.1) is 22.0 Å². The van der Waals surface area contributed by atoms with Gasteiger partial charge >= 0.3 is 0 Å². The van der Waals surface area contributed by atoms with Crippen LogP contribution in [0.15, 0.2) is 18.2 Å². The number of nitro groups is 1. The second-order valence-electron chi connectivity index (χ2n) is 5.79. The Bertz CT molecular complexity index is 493. The summed E-state index contributed by atoms with van der Waals surface area (Å²) in [6.07, 6.45) is 3.75. The smallest absolute Gasteiger partial charge is 0.270 e. The van der Waals surface area contributed by atoms with E-state index < -0.39 is 4.92 Å². The molecule has 0 heterocycles. The van der Waals surface area contributed by atoms with Crippen molar-refractivity contribution in [1.29, 1.82) is 0 Å². The second-order valence-corrected chi connectivity index (χ2v) is 6.19. The third kappa shape index (κ3) is 3.49. The van der Waals surface area contributed by atoms with Crippen LogP contribution in [-0.4, -0.2) is 11.0 Å². The molecule has 1 saturated carbocycles. The summed E-state index contributed by atoms with van der Waals surface area (Å²) in [4.78, 5) is 10.3. The first kappa shape index (κ1) is 15.3. The predicted octanol–water partition coefficient (Wildman–Crippen LogP) is 4.16. The average Bonchev–Trinajstić information content (AvgIpc) is 2.41. The zero-order valence-electron chi connectivity index (χ0n) is 11.9. The fourth-order valence-electron chi connectivity index (χ4n) is 2.90. The van der Waals surface area contributed by atoms with Gasteiger partial charge in [-0.1, -0.05) is 38.3 Å². The second kappa shape index (κ2) is 6.55. The van der Waals surface area contributed by atoms with Gasteiger partial charge in [0.25, 0.3) is 5.69 Å². The maximum Gasteiger partial charge on any atom is 0.270 e. The summed E-state index contributed by atoms with van der Waals surface area (Å²) >= 11 is 6.11. The molecule has 110 valence electrons. The molecular weight excluding hydrogens is 276 g/mol. The summed E-state index contributed by atoms with van der Waals surface area (Å²) in [5.41, 5.74) is 0.959. The molecule has 1 fully saturated rings. The first-order valence-electron chi connectivity index (χ1n) is 7.15. The molecule has 1 N–H and O–H groups in total. The number of nitrogens with zero attached hydrogens (tertiary/aromatic N) is 1. The lowest BCUT2D eigenvalue weighted by Crippen LogP contribution is -2.40. The highest BCUT2D eigenvalue weighted by atomic mass is 35.5. The summed E-state index contributed by atoms with van der Waals surface area (Å²) in [6, 6.07) is 5.18. The molecule has 0 bridgehead atoms. The Morgan fingerprint density at radius 2 is 2.15 bits per heavy atom. The molecule has 0 radical (unpaired) electrons. The zero-order valence-corrected chi connectivity index (χ0v) is 12.7. The van der Waals surface area contributed by atoms with E-state index in [-0.39, 0.29) is 5.69 Å². The minimum absolute atomic E-state index is 0.0402. The molecule has 0 spiro atoms. The van der Waals surface area contributed by atoms with Crippen LogP contribution in [0.3, 0.4) is 0 Å². The molecule has 20 heavy (non-hydrogen) atoms. The normalized spacial score (nSPS) is 26.4. The van der Waals surface area contributed by atoms with Crippen molar-refractivity contribution in [2.75, 3.05) is 0 Å². The molecule has 1 aromatic carbocycles. The zero-order chi connectivity index (χ0) is 14.7. The lowest BCUT2D eigenvalue weighted by atomic mass is 9.78. The van der Waals surface area contributed by atoms with Crippen molar-refractivity contribution in [3.8, 4) is 0 Å². The molecular formula is C15H21ClN2O2. The highest BCUT2D eigenvalue weighted by molar-refractivity contribution is 6.31. The van der Waals surface area contributed by atoms with Gasteiger partial charge in [0, 0.05) is 24.7 Å². The fraction of sp³-hybridized carbons (Fsp3) is 0.600. The van der Waals surface area contributed by atoms with E-state index >= 15 is 0 Å². The molecule has 1 aromatic rings. The average molecular weight is 297 g/mol. The largest absolute Gasteiger partial charge is 0.310 e. The lowest BCUT2D eigenvalue weighted by molar-refractivity contribution is -0.384. The van der Waals surface area contributed by atoms with Gasteiger partial charge in [-0.2, -0.15) is 0 Å². The van der Waals surface area contributed by atoms with E-state index in [4.69, 9.17) is 11.6 Å². The highest BCUT2D eigenvalue weighted by Gasteiger charge is 2.26. The van der Waals surface area contributed by atoms with Crippen LogP contribution in [0.5, 0.6) is 0 Å². The quantitative estimate of drug-likeness (QED) is 0.670. The molecule has 0 amide bonds. The molecule has 2 rings (SSSR count). The lowest BCUT2D eigenvalue weighted by Gasteiger charge is -2.34. The molecule has 0 saturated heterocycles. The number of benzene rings is 1. The van der Waals surface area contributed by atoms with E-state index in [1.54, 1.807) is 6.07 Å². The van der Waals surface area contributed by atoms with Crippen LogP contribution in [0.2, 0.25) is 5.02 Å². The van der Waals surface area contributed by atoms with Crippen molar-refractivity contribution < 1.29 is 4.92 Å². The van der Waals surface area contributed by atoms with Crippen molar-refractivity contribution in [3.63, 3.8) is 0 Å². The highest BCUT2D eigenvalue weighted by Crippen LogP contribution is 2.30. The van der Waals surface area contributed by atoms with Gasteiger partial charge in [0.1, 0.15) is 0 Å². The molecule has 1 aliphatic rings. The van der Waals surface area contributed by atoms with Gasteiger partial charge < -0.3 is 5.32 Å². The molecule has 3 unspecified atom stereocenters. The monoisotopic (exact) mass is 296 g/mol. The van der Waals surface area contributed by atoms with Gasteiger partial charge in [0.2, 0.25) is 0 Å². The van der Waals surface area contributed by atoms with Crippen molar-refractivity contribution >= 4 is 17.3 Å². The predicted molar refractivity (Wildman–Crippen MR) is 80.9 cm³/mol. The van der Waals surface area contributed by atoms with Gasteiger partial charge in [0.05, 0.1) is 9.95 Å². The van der Waals surface area contributed by atoms with Crippen LogP contribution in [0.25, 0.3) is 0 Å². The van der Waals surface area contributed by atoms with E-state index in [9.17, 15) is 10.1 Å². The summed E-state index contributed by atoms with van der Waals surface area (Å²) in [5, 5.41) is 14.7. The Hall–Kier alpha value is -1.13. The van der Waals surface area contributed by atoms with Crippen LogP contribution in [0.4, 0.5) is 5.69 Å². The van der Waals surface area contributed by atoms with E-state index in [1.165, 1.54) is 31.4 Å². The molecule has 0 aromatic heterocycles. The Balaban J connectivity index is 1.98. The van der Waals surface area contributed by atoms with Gasteiger partial charge in [0.15, 0.2) is 0 Å². The Morgan fingerprint density at radius 1 is 1.40 bits per heavy atom. The van der Waals surface area contributed by atoms with Crippen molar-refractivity contribution in [2.45, 2.75) is 45.7 Å². The summed E-state index contributed by atoms with van der Waals surface area (Å²) in [5.74, 6) is 1.40. The summed E-state index contributed by atoms with van der Waals surface area (Å²) < 4.78 is 0. The van der Waals surface area contributed by atoms with Gasteiger partial charge in [-0.05, 0) is 29.9 Å². The Kier molecular flexibility index (Phi) is 5.00. The molecule has 0 aliphatic heterocycles. The molecule has 4 nitrogen and oxygen atoms in total. The van der Waals surface area contributed by atoms with Gasteiger partial charge in [-0.15, -0.1) is 0 Å². The fourth-order valence-corrected chi connectivity index (χ4v) is 3.15. The molecule has 1 aliphatic carbocycles. The number of hydrogen-bond acceptors (Lipinski definition) is 3. The van der Waals surface area contributed by atoms with E-state index in [2.05, 4.69) is 19.2 Å². The van der Waals surface area contributed by atoms with E-state index in [1.807, 2.05) is 0 Å². The number of rotatable bonds is 4. The van der Waals surface area contributed by atoms with Crippen LogP contribution >= 0.6 is 11.6 Å². The number of hydrogen-bond donors (Lipinski definition) is 1. The topological polar surface area (TPSA) is 55.2 Å². The minimum atomic E-state index is -0.423. The van der Waals surface area contributed by atoms with E-state index in [0.717, 1.165) is 11.5 Å². The first-order valence-corrected chi connectivity index (χ1v) is 7.53. The van der Waals surface area contributed by atoms with Crippen molar-refractivity contribution in [2.24, 2.45) is 11.8 Å². The maximum atomic E-state index is 10.7. The van der Waals surface area contributed by atoms with Gasteiger partial charge in [-0.25, -0.2) is 0 Å². The maximum absolute atomic E-state index is 10.7. The van der Waals surface area contributed by atoms with Crippen LogP contribution in [0.1, 0.15) is 38.7 Å². The van der Waals surface area contributed by atoms with Gasteiger partial charge in [-0.3, -0.25) is 10.1 Å². The molecule has 5 heteroatoms. The molecule has 3 atom stereocenters. The van der Waals surface area contributed by atoms with Crippen LogP contribution in [-0.2, 0) is 6.54 Å². The first-order chi connectivity index (χ1) is 9.49. The SMILES string of the molecule is CC1CCCC(NCc2ccc([N+](=O)[O-])cc2Cl)C1C. The standard InChI is InChI=1S/C15H21ClN2O2/c1-10-4-3-5-15(11(10)2)17-9-12-6-7-13(18(19)20)8-14(12)16/h6-8,10-11,15,17H,3-5,9H2,1-2H3. The number of halogens is 1. The summed E-state index contributed by atoms with van der Waals surface area (Å²) in [7, 11) is 0. The number of nitro benzene ring substituents is 1. The van der Waals surface area contributed by atoms with Crippen molar-refractivity contribution in [1.82, 2.24) is 5.32 Å². The van der Waals surface area contributed by atoms with E-state index in [0.29, 0.717) is 23.5 Å². The Labute approximate surface area is 124 Å². The van der Waals surface area contributed by atoms with Crippen LogP contribution < -0.4 is 5.32 Å². The third-order valence-electron chi connectivity index (χ3n) is 4.51. The number of non-ortho nitro benzene ring substituents is 1. The summed E-state index contributed by atoms with van der Waals surface area (Å²) in [6.45, 7) is 5.26. The Morgan fingerprint density at radius 3 is 2.80 bits per heavy atom. The number of nitrogens with one attached hydrogen (secondary N) is 1. The third-order valence-corrected chi connectivity index (χ3v) is 4.86.